The molecule has 0 aliphatic carbocycles. The van der Waals surface area contributed by atoms with Crippen molar-refractivity contribution < 1.29 is 9.21 Å². The van der Waals surface area contributed by atoms with E-state index in [1.165, 1.54) is 0 Å². The molecule has 1 aromatic carbocycles. The van der Waals surface area contributed by atoms with E-state index < -0.39 is 0 Å². The summed E-state index contributed by atoms with van der Waals surface area (Å²) in [5.74, 6) is 1.37. The monoisotopic (exact) mass is 315 g/mol. The first kappa shape index (κ1) is 17.2. The number of carbonyl (C=O) groups is 1. The van der Waals surface area contributed by atoms with Crippen LogP contribution < -0.4 is 5.32 Å². The molecule has 0 atom stereocenters. The predicted octanol–water partition coefficient (Wildman–Crippen LogP) is 3.08. The number of amides is 1. The van der Waals surface area contributed by atoms with E-state index in [-0.39, 0.29) is 11.4 Å². The van der Waals surface area contributed by atoms with Crippen LogP contribution in [0.5, 0.6) is 0 Å². The molecule has 2 rings (SSSR count). The normalized spacial score (nSPS) is 11.7. The summed E-state index contributed by atoms with van der Waals surface area (Å²) in [5, 5.41) is 2.97. The second-order valence-electron chi connectivity index (χ2n) is 6.59. The van der Waals surface area contributed by atoms with E-state index in [9.17, 15) is 4.79 Å². The molecular formula is C18H25N3O2. The van der Waals surface area contributed by atoms with Gasteiger partial charge < -0.3 is 9.73 Å². The molecule has 5 nitrogen and oxygen atoms in total. The average molecular weight is 315 g/mol. The summed E-state index contributed by atoms with van der Waals surface area (Å²) in [7, 11) is 0. The highest BCUT2D eigenvalue weighted by Gasteiger charge is 2.17. The lowest BCUT2D eigenvalue weighted by molar-refractivity contribution is -0.123. The fraction of sp³-hybridized carbons (Fsp3) is 0.444. The Balaban J connectivity index is 1.97. The summed E-state index contributed by atoms with van der Waals surface area (Å²) >= 11 is 0. The lowest BCUT2D eigenvalue weighted by Gasteiger charge is -2.24. The average Bonchev–Trinajstić information content (AvgIpc) is 2.94. The molecule has 2 aromatic rings. The molecule has 1 amide bonds. The van der Waals surface area contributed by atoms with Gasteiger partial charge in [-0.1, -0.05) is 37.3 Å². The van der Waals surface area contributed by atoms with Gasteiger partial charge in [-0.25, -0.2) is 4.98 Å². The van der Waals surface area contributed by atoms with Crippen LogP contribution in [0.2, 0.25) is 0 Å². The topological polar surface area (TPSA) is 58.4 Å². The maximum atomic E-state index is 12.0. The van der Waals surface area contributed by atoms with Gasteiger partial charge in [-0.2, -0.15) is 0 Å². The fourth-order valence-electron chi connectivity index (χ4n) is 2.25. The Morgan fingerprint density at radius 2 is 1.96 bits per heavy atom. The number of aromatic nitrogens is 1. The van der Waals surface area contributed by atoms with Gasteiger partial charge in [-0.3, -0.25) is 9.69 Å². The van der Waals surface area contributed by atoms with Crippen molar-refractivity contribution in [2.24, 2.45) is 0 Å². The molecule has 0 saturated heterocycles. The molecule has 0 saturated carbocycles. The Hall–Kier alpha value is -2.14. The van der Waals surface area contributed by atoms with Gasteiger partial charge in [0.05, 0.1) is 19.3 Å². The summed E-state index contributed by atoms with van der Waals surface area (Å²) in [6, 6.07) is 9.87. The first-order valence-corrected chi connectivity index (χ1v) is 7.91. The minimum absolute atomic E-state index is 0.00851. The van der Waals surface area contributed by atoms with Crippen LogP contribution in [-0.4, -0.2) is 34.4 Å². The lowest BCUT2D eigenvalue weighted by Crippen LogP contribution is -2.45. The fourth-order valence-corrected chi connectivity index (χ4v) is 2.25. The molecule has 0 fully saturated rings. The van der Waals surface area contributed by atoms with Crippen molar-refractivity contribution in [1.82, 2.24) is 15.2 Å². The third-order valence-corrected chi connectivity index (χ3v) is 3.30. The molecule has 23 heavy (non-hydrogen) atoms. The first-order valence-electron chi connectivity index (χ1n) is 7.91. The first-order chi connectivity index (χ1) is 10.9. The Labute approximate surface area is 137 Å². The van der Waals surface area contributed by atoms with Crippen molar-refractivity contribution in [3.8, 4) is 11.3 Å². The van der Waals surface area contributed by atoms with E-state index in [0.29, 0.717) is 19.0 Å². The number of hydrogen-bond donors (Lipinski definition) is 1. The van der Waals surface area contributed by atoms with E-state index in [0.717, 1.165) is 17.9 Å². The van der Waals surface area contributed by atoms with Crippen LogP contribution in [0.4, 0.5) is 0 Å². The standard InChI is InChI=1S/C18H25N3O2/c1-5-21(12-16(22)20-18(2,3)4)13-17-19-11-15(23-17)14-9-7-6-8-10-14/h6-11H,5,12-13H2,1-4H3,(H,20,22). The molecule has 124 valence electrons. The van der Waals surface area contributed by atoms with E-state index in [1.807, 2.05) is 62.9 Å². The molecule has 5 heteroatoms. The quantitative estimate of drug-likeness (QED) is 0.890. The van der Waals surface area contributed by atoms with Crippen LogP contribution in [-0.2, 0) is 11.3 Å². The minimum atomic E-state index is -0.222. The summed E-state index contributed by atoms with van der Waals surface area (Å²) in [5.41, 5.74) is 0.777. The van der Waals surface area contributed by atoms with Crippen LogP contribution in [0.15, 0.2) is 40.9 Å². The van der Waals surface area contributed by atoms with E-state index in [2.05, 4.69) is 10.3 Å². The number of likely N-dealkylation sites (N-methyl/N-ethyl adjacent to an activating group) is 1. The van der Waals surface area contributed by atoms with Crippen molar-refractivity contribution in [2.45, 2.75) is 39.8 Å². The number of carbonyl (C=O) groups excluding carboxylic acids is 1. The van der Waals surface area contributed by atoms with Crippen LogP contribution in [0.25, 0.3) is 11.3 Å². The maximum absolute atomic E-state index is 12.0. The summed E-state index contributed by atoms with van der Waals surface area (Å²) < 4.78 is 5.80. The second kappa shape index (κ2) is 7.42. The van der Waals surface area contributed by atoms with E-state index in [4.69, 9.17) is 4.42 Å². The van der Waals surface area contributed by atoms with Crippen LogP contribution in [0.3, 0.4) is 0 Å². The third kappa shape index (κ3) is 5.53. The second-order valence-corrected chi connectivity index (χ2v) is 6.59. The summed E-state index contributed by atoms with van der Waals surface area (Å²) in [4.78, 5) is 18.4. The molecule has 0 bridgehead atoms. The largest absolute Gasteiger partial charge is 0.439 e. The van der Waals surface area contributed by atoms with Gasteiger partial charge in [0.1, 0.15) is 0 Å². The molecule has 0 radical (unpaired) electrons. The zero-order valence-electron chi connectivity index (χ0n) is 14.3. The van der Waals surface area contributed by atoms with Gasteiger partial charge in [0.15, 0.2) is 5.76 Å². The molecule has 1 N–H and O–H groups in total. The van der Waals surface area contributed by atoms with Gasteiger partial charge in [0.25, 0.3) is 0 Å². The van der Waals surface area contributed by atoms with Gasteiger partial charge in [-0.15, -0.1) is 0 Å². The highest BCUT2D eigenvalue weighted by atomic mass is 16.4. The zero-order chi connectivity index (χ0) is 16.9. The molecule has 0 unspecified atom stereocenters. The molecule has 0 spiro atoms. The van der Waals surface area contributed by atoms with E-state index in [1.54, 1.807) is 6.20 Å². The minimum Gasteiger partial charge on any atom is -0.439 e. The Bertz CT molecular complexity index is 629. The van der Waals surface area contributed by atoms with Crippen LogP contribution in [0, 0.1) is 0 Å². The van der Waals surface area contributed by atoms with Crippen LogP contribution in [0.1, 0.15) is 33.6 Å². The number of nitrogens with zero attached hydrogens (tertiary/aromatic N) is 2. The Morgan fingerprint density at radius 1 is 1.26 bits per heavy atom. The van der Waals surface area contributed by atoms with Crippen molar-refractivity contribution in [1.29, 1.82) is 0 Å². The molecule has 0 aliphatic rings. The summed E-state index contributed by atoms with van der Waals surface area (Å²) in [6.45, 7) is 9.54. The highest BCUT2D eigenvalue weighted by Crippen LogP contribution is 2.20. The van der Waals surface area contributed by atoms with E-state index >= 15 is 0 Å². The predicted molar refractivity (Wildman–Crippen MR) is 90.8 cm³/mol. The smallest absolute Gasteiger partial charge is 0.234 e. The maximum Gasteiger partial charge on any atom is 0.234 e. The molecule has 1 aromatic heterocycles. The van der Waals surface area contributed by atoms with Gasteiger partial charge in [0.2, 0.25) is 11.8 Å². The lowest BCUT2D eigenvalue weighted by atomic mass is 10.1. The van der Waals surface area contributed by atoms with Gasteiger partial charge in [0, 0.05) is 11.1 Å². The van der Waals surface area contributed by atoms with Crippen molar-refractivity contribution in [3.05, 3.63) is 42.4 Å². The molecule has 0 aliphatic heterocycles. The number of benzene rings is 1. The van der Waals surface area contributed by atoms with Gasteiger partial charge in [-0.05, 0) is 27.3 Å². The van der Waals surface area contributed by atoms with Crippen molar-refractivity contribution >= 4 is 5.91 Å². The number of hydrogen-bond acceptors (Lipinski definition) is 4. The zero-order valence-corrected chi connectivity index (χ0v) is 14.3. The highest BCUT2D eigenvalue weighted by molar-refractivity contribution is 5.78. The third-order valence-electron chi connectivity index (χ3n) is 3.30. The van der Waals surface area contributed by atoms with Gasteiger partial charge >= 0.3 is 0 Å². The molecule has 1 heterocycles. The number of oxazole rings is 1. The van der Waals surface area contributed by atoms with Crippen molar-refractivity contribution in [3.63, 3.8) is 0 Å². The Kier molecular flexibility index (Phi) is 5.55. The number of nitrogens with one attached hydrogen (secondary N) is 1. The number of rotatable bonds is 6. The molecular weight excluding hydrogens is 290 g/mol. The Morgan fingerprint density at radius 3 is 2.57 bits per heavy atom. The van der Waals surface area contributed by atoms with Crippen LogP contribution >= 0.6 is 0 Å². The summed E-state index contributed by atoms with van der Waals surface area (Å²) in [6.07, 6.45) is 1.73. The SMILES string of the molecule is CCN(CC(=O)NC(C)(C)C)Cc1ncc(-c2ccccc2)o1. The van der Waals surface area contributed by atoms with Crippen molar-refractivity contribution in [2.75, 3.05) is 13.1 Å².